The summed E-state index contributed by atoms with van der Waals surface area (Å²) in [6.07, 6.45) is 3.28. The molecular weight excluding hydrogens is 228 g/mol. The molecule has 0 spiro atoms. The molecule has 0 aliphatic carbocycles. The monoisotopic (exact) mass is 240 g/mol. The lowest BCUT2D eigenvalue weighted by Crippen LogP contribution is -1.96. The Hall–Kier alpha value is -1.06. The summed E-state index contributed by atoms with van der Waals surface area (Å²) in [5.41, 5.74) is 0. The molecule has 0 aromatic carbocycles. The van der Waals surface area contributed by atoms with Crippen LogP contribution < -0.4 is 5.32 Å². The molecule has 1 N–H and O–H groups in total. The van der Waals surface area contributed by atoms with Crippen molar-refractivity contribution in [3.05, 3.63) is 12.7 Å². The Morgan fingerprint density at radius 2 is 2.47 bits per heavy atom. The van der Waals surface area contributed by atoms with Crippen molar-refractivity contribution >= 4 is 28.2 Å². The fraction of sp³-hybridized carbons (Fsp3) is 0.444. The third-order valence-corrected chi connectivity index (χ3v) is 3.56. The Labute approximate surface area is 97.4 Å². The van der Waals surface area contributed by atoms with Crippen LogP contribution >= 0.6 is 23.1 Å². The van der Waals surface area contributed by atoms with E-state index in [2.05, 4.69) is 28.2 Å². The van der Waals surface area contributed by atoms with Crippen molar-refractivity contribution in [2.24, 2.45) is 0 Å². The molecule has 6 heteroatoms. The van der Waals surface area contributed by atoms with E-state index >= 15 is 0 Å². The highest BCUT2D eigenvalue weighted by Gasteiger charge is 2.02. The maximum Gasteiger partial charge on any atom is 0.206 e. The summed E-state index contributed by atoms with van der Waals surface area (Å²) < 4.78 is 0.944. The van der Waals surface area contributed by atoms with Crippen LogP contribution in [0.5, 0.6) is 0 Å². The van der Waals surface area contributed by atoms with E-state index in [4.69, 9.17) is 5.26 Å². The van der Waals surface area contributed by atoms with Crippen molar-refractivity contribution in [2.45, 2.75) is 17.2 Å². The average Bonchev–Trinajstić information content (AvgIpc) is 2.69. The summed E-state index contributed by atoms with van der Waals surface area (Å²) in [4.78, 5) is 0. The SMILES string of the molecule is C=CCNc1nnc(SCCCC#N)s1. The Morgan fingerprint density at radius 1 is 1.60 bits per heavy atom. The van der Waals surface area contributed by atoms with Gasteiger partial charge in [0, 0.05) is 18.7 Å². The van der Waals surface area contributed by atoms with Crippen molar-refractivity contribution < 1.29 is 0 Å². The van der Waals surface area contributed by atoms with Gasteiger partial charge in [-0.2, -0.15) is 5.26 Å². The molecule has 0 saturated carbocycles. The number of unbranched alkanes of at least 4 members (excludes halogenated alkanes) is 1. The molecule has 0 unspecified atom stereocenters. The fourth-order valence-electron chi connectivity index (χ4n) is 0.810. The number of rotatable bonds is 7. The normalized spacial score (nSPS) is 9.53. The highest BCUT2D eigenvalue weighted by molar-refractivity contribution is 8.01. The van der Waals surface area contributed by atoms with Crippen LogP contribution in [0.15, 0.2) is 17.0 Å². The molecule has 0 aliphatic heterocycles. The first-order valence-corrected chi connectivity index (χ1v) is 6.35. The van der Waals surface area contributed by atoms with E-state index in [1.54, 1.807) is 17.8 Å². The summed E-state index contributed by atoms with van der Waals surface area (Å²) in [5.74, 6) is 0.920. The molecule has 1 aromatic rings. The summed E-state index contributed by atoms with van der Waals surface area (Å²) in [5, 5.41) is 20.3. The molecule has 0 atom stereocenters. The lowest BCUT2D eigenvalue weighted by molar-refractivity contribution is 0.970. The van der Waals surface area contributed by atoms with Crippen molar-refractivity contribution in [1.82, 2.24) is 10.2 Å². The summed E-state index contributed by atoms with van der Waals surface area (Å²) in [7, 11) is 0. The first-order valence-electron chi connectivity index (χ1n) is 4.55. The number of nitrogens with one attached hydrogen (secondary N) is 1. The maximum atomic E-state index is 8.36. The highest BCUT2D eigenvalue weighted by Crippen LogP contribution is 2.25. The molecule has 0 aliphatic rings. The second-order valence-electron chi connectivity index (χ2n) is 2.65. The topological polar surface area (TPSA) is 61.6 Å². The van der Waals surface area contributed by atoms with Gasteiger partial charge in [-0.3, -0.25) is 0 Å². The summed E-state index contributed by atoms with van der Waals surface area (Å²) in [6, 6.07) is 2.12. The smallest absolute Gasteiger partial charge is 0.206 e. The number of thioether (sulfide) groups is 1. The van der Waals surface area contributed by atoms with Gasteiger partial charge < -0.3 is 5.32 Å². The van der Waals surface area contributed by atoms with Gasteiger partial charge in [0.15, 0.2) is 4.34 Å². The van der Waals surface area contributed by atoms with Gasteiger partial charge in [-0.05, 0) is 6.42 Å². The quantitative estimate of drug-likeness (QED) is 0.451. The third kappa shape index (κ3) is 4.81. The van der Waals surface area contributed by atoms with Crippen LogP contribution in [0.2, 0.25) is 0 Å². The van der Waals surface area contributed by atoms with Crippen LogP contribution in [0, 0.1) is 11.3 Å². The predicted octanol–water partition coefficient (Wildman–Crippen LogP) is 2.53. The van der Waals surface area contributed by atoms with Crippen LogP contribution in [0.1, 0.15) is 12.8 Å². The molecule has 1 heterocycles. The Balaban J connectivity index is 2.27. The first kappa shape index (κ1) is 12.0. The summed E-state index contributed by atoms with van der Waals surface area (Å²) >= 11 is 3.17. The number of nitriles is 1. The molecule has 15 heavy (non-hydrogen) atoms. The third-order valence-electron chi connectivity index (χ3n) is 1.46. The van der Waals surface area contributed by atoms with Gasteiger partial charge in [0.2, 0.25) is 5.13 Å². The molecule has 80 valence electrons. The molecule has 0 fully saturated rings. The average molecular weight is 240 g/mol. The van der Waals surface area contributed by atoms with E-state index in [1.807, 2.05) is 0 Å². The van der Waals surface area contributed by atoms with Crippen molar-refractivity contribution in [3.8, 4) is 6.07 Å². The van der Waals surface area contributed by atoms with E-state index in [1.165, 1.54) is 11.3 Å². The van der Waals surface area contributed by atoms with Gasteiger partial charge in [-0.1, -0.05) is 29.2 Å². The second kappa shape index (κ2) is 7.26. The van der Waals surface area contributed by atoms with E-state index in [0.29, 0.717) is 13.0 Å². The Morgan fingerprint density at radius 3 is 3.20 bits per heavy atom. The van der Waals surface area contributed by atoms with E-state index in [0.717, 1.165) is 21.6 Å². The number of hydrogen-bond donors (Lipinski definition) is 1. The predicted molar refractivity (Wildman–Crippen MR) is 64.2 cm³/mol. The first-order chi connectivity index (χ1) is 7.36. The molecule has 0 bridgehead atoms. The van der Waals surface area contributed by atoms with Crippen molar-refractivity contribution in [2.75, 3.05) is 17.6 Å². The number of anilines is 1. The molecular formula is C9H12N4S2. The number of hydrogen-bond acceptors (Lipinski definition) is 6. The standard InChI is InChI=1S/C9H12N4S2/c1-2-6-11-8-12-13-9(15-8)14-7-4-3-5-10/h2H,1,3-4,6-7H2,(H,11,12). The summed E-state index contributed by atoms with van der Waals surface area (Å²) in [6.45, 7) is 4.31. The van der Waals surface area contributed by atoms with Crippen LogP contribution in [-0.4, -0.2) is 22.5 Å². The number of aromatic nitrogens is 2. The minimum Gasteiger partial charge on any atom is -0.357 e. The van der Waals surface area contributed by atoms with Gasteiger partial charge in [0.1, 0.15) is 0 Å². The molecule has 0 amide bonds. The van der Waals surface area contributed by atoms with Crippen LogP contribution in [0.4, 0.5) is 5.13 Å². The fourth-order valence-corrected chi connectivity index (χ4v) is 2.58. The van der Waals surface area contributed by atoms with Crippen LogP contribution in [0.25, 0.3) is 0 Å². The zero-order valence-corrected chi connectivity index (χ0v) is 9.90. The van der Waals surface area contributed by atoms with Gasteiger partial charge in [0.05, 0.1) is 6.07 Å². The largest absolute Gasteiger partial charge is 0.357 e. The lowest BCUT2D eigenvalue weighted by atomic mass is 10.4. The van der Waals surface area contributed by atoms with Crippen LogP contribution in [-0.2, 0) is 0 Å². The molecule has 1 rings (SSSR count). The lowest BCUT2D eigenvalue weighted by Gasteiger charge is -1.93. The molecule has 0 radical (unpaired) electrons. The Bertz CT molecular complexity index is 342. The van der Waals surface area contributed by atoms with E-state index in [9.17, 15) is 0 Å². The zero-order chi connectivity index (χ0) is 10.9. The molecule has 4 nitrogen and oxygen atoms in total. The van der Waals surface area contributed by atoms with Crippen LogP contribution in [0.3, 0.4) is 0 Å². The second-order valence-corrected chi connectivity index (χ2v) is 4.97. The zero-order valence-electron chi connectivity index (χ0n) is 8.27. The van der Waals surface area contributed by atoms with E-state index in [-0.39, 0.29) is 0 Å². The minimum atomic E-state index is 0.605. The van der Waals surface area contributed by atoms with Gasteiger partial charge >= 0.3 is 0 Å². The van der Waals surface area contributed by atoms with Crippen molar-refractivity contribution in [3.63, 3.8) is 0 Å². The Kier molecular flexibility index (Phi) is 5.81. The molecule has 1 aromatic heterocycles. The highest BCUT2D eigenvalue weighted by atomic mass is 32.2. The number of nitrogens with zero attached hydrogens (tertiary/aromatic N) is 3. The molecule has 0 saturated heterocycles. The van der Waals surface area contributed by atoms with E-state index < -0.39 is 0 Å². The van der Waals surface area contributed by atoms with Gasteiger partial charge in [-0.25, -0.2) is 0 Å². The van der Waals surface area contributed by atoms with Gasteiger partial charge in [0.25, 0.3) is 0 Å². The van der Waals surface area contributed by atoms with Gasteiger partial charge in [-0.15, -0.1) is 16.8 Å². The maximum absolute atomic E-state index is 8.36. The minimum absolute atomic E-state index is 0.605. The van der Waals surface area contributed by atoms with Crippen molar-refractivity contribution in [1.29, 1.82) is 5.26 Å².